The van der Waals surface area contributed by atoms with Crippen LogP contribution in [0.25, 0.3) is 0 Å². The van der Waals surface area contributed by atoms with Crippen LogP contribution >= 0.6 is 0 Å². The van der Waals surface area contributed by atoms with Crippen LogP contribution in [-0.2, 0) is 6.18 Å². The molecule has 8 heteroatoms. The molecule has 0 N–H and O–H groups in total. The van der Waals surface area contributed by atoms with Gasteiger partial charge in [-0.15, -0.1) is 0 Å². The van der Waals surface area contributed by atoms with E-state index < -0.39 is 11.7 Å². The van der Waals surface area contributed by atoms with Crippen molar-refractivity contribution in [2.24, 2.45) is 0 Å². The Bertz CT molecular complexity index is 740. The molecule has 4 rings (SSSR count). The Balaban J connectivity index is 1.49. The number of piperidine rings is 1. The first kappa shape index (κ1) is 17.1. The van der Waals surface area contributed by atoms with Gasteiger partial charge in [-0.25, -0.2) is 15.0 Å². The van der Waals surface area contributed by atoms with E-state index in [4.69, 9.17) is 0 Å². The molecule has 1 aliphatic carbocycles. The van der Waals surface area contributed by atoms with Gasteiger partial charge in [0.15, 0.2) is 0 Å². The predicted molar refractivity (Wildman–Crippen MR) is 92.0 cm³/mol. The topological polar surface area (TPSA) is 45.2 Å². The Morgan fingerprint density at radius 2 is 1.69 bits per heavy atom. The summed E-state index contributed by atoms with van der Waals surface area (Å²) in [6.07, 6.45) is 4.17. The predicted octanol–water partition coefficient (Wildman–Crippen LogP) is 3.53. The molecule has 138 valence electrons. The van der Waals surface area contributed by atoms with Gasteiger partial charge in [0.25, 0.3) is 0 Å². The zero-order chi connectivity index (χ0) is 18.1. The van der Waals surface area contributed by atoms with Crippen molar-refractivity contribution in [2.75, 3.05) is 22.9 Å². The zero-order valence-corrected chi connectivity index (χ0v) is 14.2. The average molecular weight is 363 g/mol. The van der Waals surface area contributed by atoms with Gasteiger partial charge in [-0.2, -0.15) is 13.2 Å². The third-order valence-electron chi connectivity index (χ3n) is 5.02. The van der Waals surface area contributed by atoms with Crippen LogP contribution in [0.5, 0.6) is 0 Å². The highest BCUT2D eigenvalue weighted by Crippen LogP contribution is 2.38. The van der Waals surface area contributed by atoms with Crippen molar-refractivity contribution >= 4 is 11.6 Å². The number of halogens is 3. The van der Waals surface area contributed by atoms with Crippen LogP contribution in [-0.4, -0.2) is 40.1 Å². The van der Waals surface area contributed by atoms with Gasteiger partial charge >= 0.3 is 6.18 Å². The highest BCUT2D eigenvalue weighted by Gasteiger charge is 2.39. The maximum absolute atomic E-state index is 13.3. The van der Waals surface area contributed by atoms with Crippen molar-refractivity contribution in [3.8, 4) is 0 Å². The molecular weight excluding hydrogens is 343 g/mol. The van der Waals surface area contributed by atoms with Crippen molar-refractivity contribution < 1.29 is 13.2 Å². The van der Waals surface area contributed by atoms with Crippen LogP contribution < -0.4 is 9.80 Å². The number of aromatic nitrogens is 3. The molecule has 2 aromatic heterocycles. The second kappa shape index (κ2) is 6.74. The molecule has 26 heavy (non-hydrogen) atoms. The van der Waals surface area contributed by atoms with E-state index in [0.29, 0.717) is 19.1 Å². The summed E-state index contributed by atoms with van der Waals surface area (Å²) in [6, 6.07) is 5.12. The first-order valence-electron chi connectivity index (χ1n) is 8.85. The molecule has 5 nitrogen and oxygen atoms in total. The van der Waals surface area contributed by atoms with Gasteiger partial charge < -0.3 is 9.80 Å². The lowest BCUT2D eigenvalue weighted by molar-refractivity contribution is -0.137. The van der Waals surface area contributed by atoms with Crippen LogP contribution in [0.1, 0.15) is 31.2 Å². The third kappa shape index (κ3) is 3.45. The van der Waals surface area contributed by atoms with E-state index in [9.17, 15) is 13.2 Å². The minimum Gasteiger partial charge on any atom is -0.356 e. The maximum Gasteiger partial charge on any atom is 0.419 e. The Labute approximate surface area is 149 Å². The number of hydrogen-bond acceptors (Lipinski definition) is 5. The number of pyridine rings is 1. The summed E-state index contributed by atoms with van der Waals surface area (Å²) < 4.78 is 39.8. The molecule has 0 aromatic carbocycles. The number of nitrogens with zero attached hydrogens (tertiary/aromatic N) is 5. The second-order valence-electron chi connectivity index (χ2n) is 6.80. The molecule has 3 heterocycles. The molecule has 2 fully saturated rings. The smallest absolute Gasteiger partial charge is 0.356 e. The standard InChI is InChI=1S/C18H20F3N5/c19-18(20,21)15-2-1-8-23-17(15)25-10-6-14(7-11-25)26(13-3-4-13)16-5-9-22-12-24-16/h1-2,5,8-9,12-14H,3-4,6-7,10-11H2. The van der Waals surface area contributed by atoms with Crippen molar-refractivity contribution in [3.63, 3.8) is 0 Å². The Hall–Kier alpha value is -2.38. The van der Waals surface area contributed by atoms with Crippen molar-refractivity contribution in [1.29, 1.82) is 0 Å². The molecule has 0 amide bonds. The monoisotopic (exact) mass is 363 g/mol. The van der Waals surface area contributed by atoms with Crippen LogP contribution in [0.2, 0.25) is 0 Å². The van der Waals surface area contributed by atoms with Crippen molar-refractivity contribution in [2.45, 2.75) is 43.9 Å². The third-order valence-corrected chi connectivity index (χ3v) is 5.02. The molecular formula is C18H20F3N5. The summed E-state index contributed by atoms with van der Waals surface area (Å²) >= 11 is 0. The number of rotatable bonds is 4. The lowest BCUT2D eigenvalue weighted by Crippen LogP contribution is -2.47. The molecule has 2 aromatic rings. The summed E-state index contributed by atoms with van der Waals surface area (Å²) in [5.41, 5.74) is -0.659. The normalized spacial score (nSPS) is 18.8. The van der Waals surface area contributed by atoms with E-state index in [2.05, 4.69) is 19.9 Å². The summed E-state index contributed by atoms with van der Waals surface area (Å²) in [4.78, 5) is 16.5. The average Bonchev–Trinajstić information content (AvgIpc) is 3.48. The van der Waals surface area contributed by atoms with Crippen molar-refractivity contribution in [1.82, 2.24) is 15.0 Å². The second-order valence-corrected chi connectivity index (χ2v) is 6.80. The molecule has 0 spiro atoms. The molecule has 0 unspecified atom stereocenters. The molecule has 0 radical (unpaired) electrons. The summed E-state index contributed by atoms with van der Waals surface area (Å²) in [7, 11) is 0. The number of hydrogen-bond donors (Lipinski definition) is 0. The van der Waals surface area contributed by atoms with E-state index in [0.717, 1.165) is 37.6 Å². The first-order chi connectivity index (χ1) is 12.5. The molecule has 2 aliphatic rings. The van der Waals surface area contributed by atoms with E-state index in [-0.39, 0.29) is 11.9 Å². The Morgan fingerprint density at radius 1 is 0.962 bits per heavy atom. The lowest BCUT2D eigenvalue weighted by atomic mass is 10.0. The van der Waals surface area contributed by atoms with Crippen LogP contribution in [0.3, 0.4) is 0 Å². The van der Waals surface area contributed by atoms with Gasteiger partial charge in [-0.05, 0) is 43.9 Å². The van der Waals surface area contributed by atoms with Gasteiger partial charge in [0.2, 0.25) is 0 Å². The van der Waals surface area contributed by atoms with E-state index >= 15 is 0 Å². The van der Waals surface area contributed by atoms with Crippen molar-refractivity contribution in [3.05, 3.63) is 42.5 Å². The maximum atomic E-state index is 13.3. The summed E-state index contributed by atoms with van der Waals surface area (Å²) in [5, 5.41) is 0. The first-order valence-corrected chi connectivity index (χ1v) is 8.85. The molecule has 0 bridgehead atoms. The molecule has 1 saturated carbocycles. The SMILES string of the molecule is FC(F)(F)c1cccnc1N1CCC(N(c2ccncn2)C2CC2)CC1. The minimum atomic E-state index is -4.39. The fourth-order valence-electron chi connectivity index (χ4n) is 3.69. The largest absolute Gasteiger partial charge is 0.419 e. The summed E-state index contributed by atoms with van der Waals surface area (Å²) in [5.74, 6) is 0.952. The van der Waals surface area contributed by atoms with Crippen LogP contribution in [0, 0.1) is 0 Å². The highest BCUT2D eigenvalue weighted by molar-refractivity contribution is 5.49. The molecule has 1 aliphatic heterocycles. The highest BCUT2D eigenvalue weighted by atomic mass is 19.4. The fraction of sp³-hybridized carbons (Fsp3) is 0.500. The minimum absolute atomic E-state index is 0.0402. The van der Waals surface area contributed by atoms with E-state index in [1.165, 1.54) is 12.3 Å². The Morgan fingerprint density at radius 3 is 2.31 bits per heavy atom. The molecule has 0 atom stereocenters. The van der Waals surface area contributed by atoms with Gasteiger partial charge in [0.05, 0.1) is 5.56 Å². The van der Waals surface area contributed by atoms with E-state index in [1.807, 2.05) is 6.07 Å². The van der Waals surface area contributed by atoms with Gasteiger partial charge in [-0.3, -0.25) is 0 Å². The molecule has 1 saturated heterocycles. The summed E-state index contributed by atoms with van der Waals surface area (Å²) in [6.45, 7) is 1.11. The van der Waals surface area contributed by atoms with Gasteiger partial charge in [0.1, 0.15) is 18.0 Å². The lowest BCUT2D eigenvalue weighted by Gasteiger charge is -2.40. The van der Waals surface area contributed by atoms with Crippen LogP contribution in [0.15, 0.2) is 36.9 Å². The number of anilines is 2. The van der Waals surface area contributed by atoms with Gasteiger partial charge in [0, 0.05) is 37.6 Å². The fourth-order valence-corrected chi connectivity index (χ4v) is 3.69. The number of alkyl halides is 3. The van der Waals surface area contributed by atoms with Gasteiger partial charge in [-0.1, -0.05) is 0 Å². The van der Waals surface area contributed by atoms with E-state index in [1.54, 1.807) is 17.4 Å². The van der Waals surface area contributed by atoms with Crippen LogP contribution in [0.4, 0.5) is 24.8 Å². The zero-order valence-electron chi connectivity index (χ0n) is 14.2. The Kier molecular flexibility index (Phi) is 4.42. The quantitative estimate of drug-likeness (QED) is 0.832.